The van der Waals surface area contributed by atoms with Crippen LogP contribution in [0.1, 0.15) is 18.0 Å². The molecule has 4 nitrogen and oxygen atoms in total. The van der Waals surface area contributed by atoms with Crippen LogP contribution in [0.4, 0.5) is 4.39 Å². The molecule has 0 saturated carbocycles. The van der Waals surface area contributed by atoms with Crippen LogP contribution in [0.15, 0.2) is 48.8 Å². The molecule has 1 fully saturated rings. The van der Waals surface area contributed by atoms with Crippen LogP contribution in [0.3, 0.4) is 0 Å². The van der Waals surface area contributed by atoms with Crippen LogP contribution in [-0.4, -0.2) is 55.1 Å². The average Bonchev–Trinajstić information content (AvgIpc) is 2.97. The van der Waals surface area contributed by atoms with E-state index >= 15 is 0 Å². The number of halogens is 1. The molecule has 1 aromatic carbocycles. The molecule has 0 N–H and O–H groups in total. The molecule has 1 saturated heterocycles. The number of rotatable bonds is 7. The Morgan fingerprint density at radius 2 is 2.12 bits per heavy atom. The Labute approximate surface area is 149 Å². The van der Waals surface area contributed by atoms with Crippen LogP contribution >= 0.6 is 0 Å². The summed E-state index contributed by atoms with van der Waals surface area (Å²) in [6.45, 7) is 3.35. The van der Waals surface area contributed by atoms with E-state index in [1.807, 2.05) is 18.5 Å². The van der Waals surface area contributed by atoms with Gasteiger partial charge in [-0.1, -0.05) is 18.2 Å². The molecule has 0 bridgehead atoms. The summed E-state index contributed by atoms with van der Waals surface area (Å²) >= 11 is 0. The molecular weight excluding hydrogens is 317 g/mol. The lowest BCUT2D eigenvalue weighted by atomic mass is 9.94. The molecule has 5 heteroatoms. The molecule has 0 amide bonds. The second-order valence-corrected chi connectivity index (χ2v) is 6.80. The lowest BCUT2D eigenvalue weighted by Gasteiger charge is -2.28. The fraction of sp³-hybridized carbons (Fsp3) is 0.450. The van der Waals surface area contributed by atoms with Crippen LogP contribution in [0.25, 0.3) is 0 Å². The van der Waals surface area contributed by atoms with Crippen molar-refractivity contribution in [2.75, 3.05) is 40.3 Å². The zero-order chi connectivity index (χ0) is 17.6. The summed E-state index contributed by atoms with van der Waals surface area (Å²) < 4.78 is 19.1. The van der Waals surface area contributed by atoms with Crippen molar-refractivity contribution in [3.05, 3.63) is 60.2 Å². The summed E-state index contributed by atoms with van der Waals surface area (Å²) in [4.78, 5) is 8.95. The topological polar surface area (TPSA) is 28.6 Å². The van der Waals surface area contributed by atoms with Crippen molar-refractivity contribution in [3.63, 3.8) is 0 Å². The van der Waals surface area contributed by atoms with Gasteiger partial charge in [0, 0.05) is 31.5 Å². The van der Waals surface area contributed by atoms with Gasteiger partial charge in [0.2, 0.25) is 0 Å². The Balaban J connectivity index is 1.52. The number of likely N-dealkylation sites (N-methyl/N-ethyl adjacent to an activating group) is 1. The summed E-state index contributed by atoms with van der Waals surface area (Å²) in [5.41, 5.74) is 1.28. The summed E-state index contributed by atoms with van der Waals surface area (Å²) in [7, 11) is 4.28. The van der Waals surface area contributed by atoms with Gasteiger partial charge in [-0.2, -0.15) is 0 Å². The Kier molecular flexibility index (Phi) is 6.00. The van der Waals surface area contributed by atoms with E-state index in [4.69, 9.17) is 4.74 Å². The second-order valence-electron chi connectivity index (χ2n) is 6.80. The predicted octanol–water partition coefficient (Wildman–Crippen LogP) is 3.22. The summed E-state index contributed by atoms with van der Waals surface area (Å²) in [6, 6.07) is 11.1. The van der Waals surface area contributed by atoms with E-state index in [0.29, 0.717) is 24.3 Å². The lowest BCUT2D eigenvalue weighted by molar-refractivity contribution is 0.187. The van der Waals surface area contributed by atoms with E-state index in [0.717, 1.165) is 19.6 Å². The molecule has 3 rings (SSSR count). The van der Waals surface area contributed by atoms with Crippen molar-refractivity contribution in [1.29, 1.82) is 0 Å². The van der Waals surface area contributed by atoms with Gasteiger partial charge < -0.3 is 9.64 Å². The minimum absolute atomic E-state index is 0.306. The number of hydrogen-bond donors (Lipinski definition) is 0. The minimum Gasteiger partial charge on any atom is -0.489 e. The van der Waals surface area contributed by atoms with Gasteiger partial charge in [-0.15, -0.1) is 0 Å². The summed E-state index contributed by atoms with van der Waals surface area (Å²) in [6.07, 6.45) is 4.97. The van der Waals surface area contributed by atoms with E-state index in [9.17, 15) is 4.39 Å². The maximum absolute atomic E-state index is 13.6. The average molecular weight is 343 g/mol. The van der Waals surface area contributed by atoms with Crippen LogP contribution in [-0.2, 0) is 0 Å². The molecule has 0 unspecified atom stereocenters. The van der Waals surface area contributed by atoms with Crippen molar-refractivity contribution >= 4 is 0 Å². The van der Waals surface area contributed by atoms with Gasteiger partial charge in [0.05, 0.1) is 0 Å². The number of pyridine rings is 1. The van der Waals surface area contributed by atoms with Gasteiger partial charge in [0.15, 0.2) is 11.6 Å². The number of nitrogens with zero attached hydrogens (tertiary/aromatic N) is 3. The third-order valence-corrected chi connectivity index (χ3v) is 4.91. The Morgan fingerprint density at radius 3 is 2.88 bits per heavy atom. The highest BCUT2D eigenvalue weighted by atomic mass is 19.1. The monoisotopic (exact) mass is 343 g/mol. The van der Waals surface area contributed by atoms with Crippen LogP contribution in [0, 0.1) is 11.7 Å². The van der Waals surface area contributed by atoms with E-state index in [1.165, 1.54) is 18.1 Å². The zero-order valence-corrected chi connectivity index (χ0v) is 14.9. The first-order valence-corrected chi connectivity index (χ1v) is 8.81. The molecule has 2 heterocycles. The second kappa shape index (κ2) is 8.41. The van der Waals surface area contributed by atoms with Gasteiger partial charge >= 0.3 is 0 Å². The summed E-state index contributed by atoms with van der Waals surface area (Å²) in [5.74, 6) is 0.580. The van der Waals surface area contributed by atoms with Crippen LogP contribution in [0.2, 0.25) is 0 Å². The predicted molar refractivity (Wildman–Crippen MR) is 97.1 cm³/mol. The molecule has 0 aliphatic carbocycles. The normalized spacial score (nSPS) is 21.0. The van der Waals surface area contributed by atoms with Gasteiger partial charge in [-0.3, -0.25) is 9.88 Å². The molecule has 1 aliphatic heterocycles. The van der Waals surface area contributed by atoms with Crippen molar-refractivity contribution in [1.82, 2.24) is 14.8 Å². The largest absolute Gasteiger partial charge is 0.489 e. The van der Waals surface area contributed by atoms with Gasteiger partial charge in [0.25, 0.3) is 0 Å². The van der Waals surface area contributed by atoms with E-state index < -0.39 is 0 Å². The number of ether oxygens (including phenoxy) is 1. The van der Waals surface area contributed by atoms with Crippen LogP contribution < -0.4 is 4.74 Å². The first-order chi connectivity index (χ1) is 12.1. The van der Waals surface area contributed by atoms with E-state index in [-0.39, 0.29) is 5.82 Å². The van der Waals surface area contributed by atoms with Gasteiger partial charge in [0.1, 0.15) is 6.61 Å². The first-order valence-electron chi connectivity index (χ1n) is 8.81. The lowest BCUT2D eigenvalue weighted by Crippen LogP contribution is -2.32. The molecule has 1 aliphatic rings. The van der Waals surface area contributed by atoms with Gasteiger partial charge in [-0.05, 0) is 56.7 Å². The highest BCUT2D eigenvalue weighted by Gasteiger charge is 2.33. The standard InChI is InChI=1S/C20H26FN3O/c1-23(12-13-25-19-8-4-3-7-18(19)21)15-17-9-11-24(2)20(17)16-6-5-10-22-14-16/h3-8,10,14,17,20H,9,11-13,15H2,1-2H3/t17-,20-/m0/s1. The first kappa shape index (κ1) is 17.8. The van der Waals surface area contributed by atoms with E-state index in [2.05, 4.69) is 34.9 Å². The third kappa shape index (κ3) is 4.55. The zero-order valence-electron chi connectivity index (χ0n) is 14.9. The SMILES string of the molecule is CN(CCOc1ccccc1F)C[C@@H]1CCN(C)[C@H]1c1cccnc1. The minimum atomic E-state index is -0.306. The number of para-hydroxylation sites is 1. The fourth-order valence-electron chi connectivity index (χ4n) is 3.66. The molecule has 1 aromatic heterocycles. The number of benzene rings is 1. The maximum Gasteiger partial charge on any atom is 0.165 e. The molecule has 2 aromatic rings. The summed E-state index contributed by atoms with van der Waals surface area (Å²) in [5, 5.41) is 0. The fourth-order valence-corrected chi connectivity index (χ4v) is 3.66. The Hall–Kier alpha value is -1.98. The van der Waals surface area contributed by atoms with Crippen molar-refractivity contribution in [2.45, 2.75) is 12.5 Å². The highest BCUT2D eigenvalue weighted by Crippen LogP contribution is 2.36. The number of likely N-dealkylation sites (tertiary alicyclic amines) is 1. The highest BCUT2D eigenvalue weighted by molar-refractivity contribution is 5.23. The maximum atomic E-state index is 13.6. The molecule has 134 valence electrons. The molecule has 0 spiro atoms. The van der Waals surface area contributed by atoms with E-state index in [1.54, 1.807) is 18.2 Å². The number of hydrogen-bond acceptors (Lipinski definition) is 4. The molecule has 0 radical (unpaired) electrons. The van der Waals surface area contributed by atoms with Crippen molar-refractivity contribution in [3.8, 4) is 5.75 Å². The van der Waals surface area contributed by atoms with Crippen molar-refractivity contribution < 1.29 is 9.13 Å². The molecule has 2 atom stereocenters. The quantitative estimate of drug-likeness (QED) is 0.772. The third-order valence-electron chi connectivity index (χ3n) is 4.91. The number of aromatic nitrogens is 1. The molecule has 25 heavy (non-hydrogen) atoms. The Bertz CT molecular complexity index is 667. The Morgan fingerprint density at radius 1 is 1.28 bits per heavy atom. The van der Waals surface area contributed by atoms with Crippen LogP contribution in [0.5, 0.6) is 5.75 Å². The molecular formula is C20H26FN3O. The van der Waals surface area contributed by atoms with Gasteiger partial charge in [-0.25, -0.2) is 4.39 Å². The van der Waals surface area contributed by atoms with Crippen molar-refractivity contribution in [2.24, 2.45) is 5.92 Å². The smallest absolute Gasteiger partial charge is 0.165 e.